The number of rotatable bonds is 7. The standard InChI is InChI=1S/C17H21N3O3/c1-11(7-8-21)10-18-16(22)14-4-2-3-13(9-14)15-19-17(23-20-15)12-5-6-12/h2-4,9,11-12,21H,5-8,10H2,1H3,(H,18,22). The molecule has 1 atom stereocenters. The maximum atomic E-state index is 12.2. The van der Waals surface area contributed by atoms with E-state index in [1.165, 1.54) is 0 Å². The van der Waals surface area contributed by atoms with Crippen molar-refractivity contribution >= 4 is 5.91 Å². The highest BCUT2D eigenvalue weighted by Crippen LogP contribution is 2.39. The van der Waals surface area contributed by atoms with E-state index >= 15 is 0 Å². The van der Waals surface area contributed by atoms with Crippen molar-refractivity contribution in [3.8, 4) is 11.4 Å². The number of carbonyl (C=O) groups is 1. The summed E-state index contributed by atoms with van der Waals surface area (Å²) >= 11 is 0. The van der Waals surface area contributed by atoms with Crippen LogP contribution in [0.1, 0.15) is 48.4 Å². The fraction of sp³-hybridized carbons (Fsp3) is 0.471. The van der Waals surface area contributed by atoms with Crippen LogP contribution in [-0.2, 0) is 0 Å². The predicted molar refractivity (Wildman–Crippen MR) is 84.9 cm³/mol. The van der Waals surface area contributed by atoms with Gasteiger partial charge in [0, 0.05) is 30.2 Å². The molecule has 1 fully saturated rings. The van der Waals surface area contributed by atoms with Gasteiger partial charge in [-0.15, -0.1) is 0 Å². The molecular formula is C17H21N3O3. The normalized spacial score (nSPS) is 15.4. The smallest absolute Gasteiger partial charge is 0.251 e. The van der Waals surface area contributed by atoms with Crippen molar-refractivity contribution < 1.29 is 14.4 Å². The van der Waals surface area contributed by atoms with Gasteiger partial charge in [-0.3, -0.25) is 4.79 Å². The molecule has 1 unspecified atom stereocenters. The van der Waals surface area contributed by atoms with Crippen molar-refractivity contribution in [3.63, 3.8) is 0 Å². The lowest BCUT2D eigenvalue weighted by molar-refractivity contribution is 0.0945. The summed E-state index contributed by atoms with van der Waals surface area (Å²) in [5.74, 6) is 1.73. The minimum Gasteiger partial charge on any atom is -0.396 e. The number of nitrogens with one attached hydrogen (secondary N) is 1. The molecule has 1 aromatic carbocycles. The van der Waals surface area contributed by atoms with Crippen LogP contribution >= 0.6 is 0 Å². The third-order valence-corrected chi connectivity index (χ3v) is 3.98. The molecule has 3 rings (SSSR count). The van der Waals surface area contributed by atoms with Crippen molar-refractivity contribution in [1.82, 2.24) is 15.5 Å². The molecule has 0 spiro atoms. The molecule has 2 aromatic rings. The van der Waals surface area contributed by atoms with Crippen LogP contribution in [0.15, 0.2) is 28.8 Å². The van der Waals surface area contributed by atoms with Gasteiger partial charge in [-0.25, -0.2) is 0 Å². The van der Waals surface area contributed by atoms with Gasteiger partial charge < -0.3 is 14.9 Å². The molecule has 1 saturated carbocycles. The van der Waals surface area contributed by atoms with Crippen molar-refractivity contribution in [3.05, 3.63) is 35.7 Å². The third kappa shape index (κ3) is 3.96. The van der Waals surface area contributed by atoms with Crippen LogP contribution in [0, 0.1) is 5.92 Å². The van der Waals surface area contributed by atoms with E-state index in [0.717, 1.165) is 18.4 Å². The summed E-state index contributed by atoms with van der Waals surface area (Å²) in [6.45, 7) is 2.66. The predicted octanol–water partition coefficient (Wildman–Crippen LogP) is 2.36. The van der Waals surface area contributed by atoms with Crippen LogP contribution < -0.4 is 5.32 Å². The lowest BCUT2D eigenvalue weighted by Gasteiger charge is -2.11. The molecule has 1 amide bonds. The first kappa shape index (κ1) is 15.7. The molecule has 0 radical (unpaired) electrons. The quantitative estimate of drug-likeness (QED) is 0.819. The summed E-state index contributed by atoms with van der Waals surface area (Å²) in [5, 5.41) is 15.8. The minimum atomic E-state index is -0.137. The highest BCUT2D eigenvalue weighted by atomic mass is 16.5. The van der Waals surface area contributed by atoms with Gasteiger partial charge in [-0.2, -0.15) is 4.98 Å². The van der Waals surface area contributed by atoms with Gasteiger partial charge >= 0.3 is 0 Å². The maximum absolute atomic E-state index is 12.2. The lowest BCUT2D eigenvalue weighted by Crippen LogP contribution is -2.28. The summed E-state index contributed by atoms with van der Waals surface area (Å²) in [7, 11) is 0. The van der Waals surface area contributed by atoms with Gasteiger partial charge in [0.2, 0.25) is 11.7 Å². The summed E-state index contributed by atoms with van der Waals surface area (Å²) in [6, 6.07) is 7.21. The molecule has 1 aliphatic rings. The minimum absolute atomic E-state index is 0.133. The lowest BCUT2D eigenvalue weighted by atomic mass is 10.1. The highest BCUT2D eigenvalue weighted by Gasteiger charge is 2.29. The molecule has 6 nitrogen and oxygen atoms in total. The number of amides is 1. The Morgan fingerprint density at radius 3 is 3.04 bits per heavy atom. The zero-order chi connectivity index (χ0) is 16.2. The van der Waals surface area contributed by atoms with Gasteiger partial charge in [0.25, 0.3) is 5.91 Å². The summed E-state index contributed by atoms with van der Waals surface area (Å²) in [6.07, 6.45) is 2.89. The fourth-order valence-electron chi connectivity index (χ4n) is 2.34. The van der Waals surface area contributed by atoms with Crippen molar-refractivity contribution in [2.24, 2.45) is 5.92 Å². The molecular weight excluding hydrogens is 294 g/mol. The number of hydrogen-bond acceptors (Lipinski definition) is 5. The Kier molecular flexibility index (Phi) is 4.71. The number of nitrogens with zero attached hydrogens (tertiary/aromatic N) is 2. The van der Waals surface area contributed by atoms with E-state index in [9.17, 15) is 4.79 Å². The highest BCUT2D eigenvalue weighted by molar-refractivity contribution is 5.95. The van der Waals surface area contributed by atoms with E-state index in [-0.39, 0.29) is 18.4 Å². The Bertz CT molecular complexity index is 679. The second-order valence-corrected chi connectivity index (χ2v) is 6.14. The number of aromatic nitrogens is 2. The zero-order valence-electron chi connectivity index (χ0n) is 13.2. The van der Waals surface area contributed by atoms with Gasteiger partial charge in [-0.05, 0) is 37.3 Å². The monoisotopic (exact) mass is 315 g/mol. The average molecular weight is 315 g/mol. The van der Waals surface area contributed by atoms with Gasteiger partial charge in [0.15, 0.2) is 0 Å². The SMILES string of the molecule is CC(CCO)CNC(=O)c1cccc(-c2noc(C3CC3)n2)c1. The Morgan fingerprint density at radius 2 is 2.30 bits per heavy atom. The average Bonchev–Trinajstić information content (AvgIpc) is 3.30. The Hall–Kier alpha value is -2.21. The van der Waals surface area contributed by atoms with Gasteiger partial charge in [-0.1, -0.05) is 24.2 Å². The van der Waals surface area contributed by atoms with Crippen LogP contribution in [0.3, 0.4) is 0 Å². The number of aliphatic hydroxyl groups is 1. The van der Waals surface area contributed by atoms with Crippen LogP contribution in [0.4, 0.5) is 0 Å². The number of hydrogen-bond donors (Lipinski definition) is 2. The summed E-state index contributed by atoms with van der Waals surface area (Å²) in [5.41, 5.74) is 1.34. The third-order valence-electron chi connectivity index (χ3n) is 3.98. The molecule has 6 heteroatoms. The first-order valence-electron chi connectivity index (χ1n) is 8.00. The molecule has 0 bridgehead atoms. The van der Waals surface area contributed by atoms with E-state index in [4.69, 9.17) is 9.63 Å². The molecule has 1 aliphatic carbocycles. The summed E-state index contributed by atoms with van der Waals surface area (Å²) in [4.78, 5) is 16.6. The van der Waals surface area contributed by atoms with Gasteiger partial charge in [0.05, 0.1) is 0 Å². The molecule has 0 saturated heterocycles. The second kappa shape index (κ2) is 6.91. The van der Waals surface area contributed by atoms with Crippen molar-refractivity contribution in [1.29, 1.82) is 0 Å². The van der Waals surface area contributed by atoms with E-state index in [2.05, 4.69) is 15.5 Å². The van der Waals surface area contributed by atoms with Crippen LogP contribution in [0.25, 0.3) is 11.4 Å². The Labute approximate surface area is 134 Å². The van der Waals surface area contributed by atoms with Crippen molar-refractivity contribution in [2.75, 3.05) is 13.2 Å². The number of benzene rings is 1. The number of aliphatic hydroxyl groups excluding tert-OH is 1. The molecule has 0 aliphatic heterocycles. The first-order chi connectivity index (χ1) is 11.2. The van der Waals surface area contributed by atoms with E-state index in [0.29, 0.717) is 36.2 Å². The first-order valence-corrected chi connectivity index (χ1v) is 8.00. The van der Waals surface area contributed by atoms with Gasteiger partial charge in [0.1, 0.15) is 0 Å². The zero-order valence-corrected chi connectivity index (χ0v) is 13.2. The molecule has 2 N–H and O–H groups in total. The van der Waals surface area contributed by atoms with E-state index in [1.54, 1.807) is 12.1 Å². The van der Waals surface area contributed by atoms with Crippen molar-refractivity contribution in [2.45, 2.75) is 32.1 Å². The van der Waals surface area contributed by atoms with Crippen LogP contribution in [0.5, 0.6) is 0 Å². The molecule has 23 heavy (non-hydrogen) atoms. The van der Waals surface area contributed by atoms with Crippen LogP contribution in [0.2, 0.25) is 0 Å². The van der Waals surface area contributed by atoms with E-state index < -0.39 is 0 Å². The second-order valence-electron chi connectivity index (χ2n) is 6.14. The maximum Gasteiger partial charge on any atom is 0.251 e. The number of carbonyl (C=O) groups excluding carboxylic acids is 1. The molecule has 1 heterocycles. The van der Waals surface area contributed by atoms with Crippen LogP contribution in [-0.4, -0.2) is 34.3 Å². The largest absolute Gasteiger partial charge is 0.396 e. The Morgan fingerprint density at radius 1 is 1.48 bits per heavy atom. The van der Waals surface area contributed by atoms with E-state index in [1.807, 2.05) is 19.1 Å². The fourth-order valence-corrected chi connectivity index (χ4v) is 2.34. The Balaban J connectivity index is 1.67. The summed E-state index contributed by atoms with van der Waals surface area (Å²) < 4.78 is 5.26. The molecule has 122 valence electrons. The molecule has 1 aromatic heterocycles. The topological polar surface area (TPSA) is 88.2 Å².